The fraction of sp³-hybridized carbons (Fsp3) is 0.292. The molecule has 7 nitrogen and oxygen atoms in total. The third kappa shape index (κ3) is 5.59. The normalized spacial score (nSPS) is 13.9. The number of rotatable bonds is 8. The summed E-state index contributed by atoms with van der Waals surface area (Å²) < 4.78 is 0. The number of aromatic nitrogens is 1. The number of carbonyl (C=O) groups excluding carboxylic acids is 2. The van der Waals surface area contributed by atoms with Crippen LogP contribution in [0.25, 0.3) is 11.1 Å². The number of amides is 1. The number of hydrogen-bond acceptors (Lipinski definition) is 7. The number of likely N-dealkylation sites (N-methyl/N-ethyl adjacent to an activating group) is 1. The molecule has 1 aromatic heterocycles. The van der Waals surface area contributed by atoms with Crippen LogP contribution < -0.4 is 15.5 Å². The molecule has 166 valence electrons. The number of nitrogens with one attached hydrogen (secondary N) is 2. The predicted molar refractivity (Wildman–Crippen MR) is 129 cm³/mol. The van der Waals surface area contributed by atoms with Crippen LogP contribution >= 0.6 is 11.3 Å². The summed E-state index contributed by atoms with van der Waals surface area (Å²) in [6.45, 7) is 4.76. The minimum Gasteiger partial charge on any atom is -0.369 e. The average Bonchev–Trinajstić information content (AvgIpc) is 3.33. The fourth-order valence-electron chi connectivity index (χ4n) is 3.85. The van der Waals surface area contributed by atoms with E-state index in [0.29, 0.717) is 17.2 Å². The highest BCUT2D eigenvalue weighted by Gasteiger charge is 2.13. The number of aldehydes is 1. The van der Waals surface area contributed by atoms with Gasteiger partial charge in [-0.1, -0.05) is 24.3 Å². The van der Waals surface area contributed by atoms with Crippen LogP contribution in [0.5, 0.6) is 0 Å². The maximum absolute atomic E-state index is 12.2. The molecule has 2 aromatic carbocycles. The molecule has 0 radical (unpaired) electrons. The van der Waals surface area contributed by atoms with E-state index in [0.717, 1.165) is 49.2 Å². The Labute approximate surface area is 192 Å². The fourth-order valence-corrected chi connectivity index (χ4v) is 4.40. The second-order valence-electron chi connectivity index (χ2n) is 7.87. The molecule has 0 bridgehead atoms. The zero-order valence-corrected chi connectivity index (χ0v) is 18.9. The Hall–Kier alpha value is -3.07. The quantitative estimate of drug-likeness (QED) is 0.515. The van der Waals surface area contributed by atoms with Crippen LogP contribution in [0.4, 0.5) is 10.8 Å². The smallest absolute Gasteiger partial charge is 0.240 e. The summed E-state index contributed by atoms with van der Waals surface area (Å²) in [5, 5.41) is 8.55. The zero-order valence-electron chi connectivity index (χ0n) is 18.1. The number of anilines is 2. The summed E-state index contributed by atoms with van der Waals surface area (Å²) in [5.74, 6) is -0.128. The molecular formula is C24H27N5O2S. The van der Waals surface area contributed by atoms with Crippen molar-refractivity contribution in [3.63, 3.8) is 0 Å². The summed E-state index contributed by atoms with van der Waals surface area (Å²) >= 11 is 1.38. The van der Waals surface area contributed by atoms with Crippen molar-refractivity contribution >= 4 is 34.3 Å². The first-order chi connectivity index (χ1) is 15.6. The molecular weight excluding hydrogens is 422 g/mol. The van der Waals surface area contributed by atoms with Gasteiger partial charge in [-0.05, 0) is 41.9 Å². The van der Waals surface area contributed by atoms with Gasteiger partial charge in [-0.15, -0.1) is 11.3 Å². The third-order valence-electron chi connectivity index (χ3n) is 5.49. The van der Waals surface area contributed by atoms with Gasteiger partial charge in [0.2, 0.25) is 5.91 Å². The minimum absolute atomic E-state index is 0.128. The van der Waals surface area contributed by atoms with E-state index in [-0.39, 0.29) is 12.5 Å². The van der Waals surface area contributed by atoms with E-state index in [1.165, 1.54) is 17.0 Å². The number of piperazine rings is 1. The molecule has 4 rings (SSSR count). The van der Waals surface area contributed by atoms with Gasteiger partial charge in [0.15, 0.2) is 5.13 Å². The van der Waals surface area contributed by atoms with E-state index in [1.54, 1.807) is 6.20 Å². The number of hydrogen-bond donors (Lipinski definition) is 2. The van der Waals surface area contributed by atoms with E-state index in [1.807, 2.05) is 35.5 Å². The van der Waals surface area contributed by atoms with E-state index in [4.69, 9.17) is 0 Å². The number of nitrogens with zero attached hydrogens (tertiary/aromatic N) is 3. The van der Waals surface area contributed by atoms with Crippen molar-refractivity contribution in [2.45, 2.75) is 6.54 Å². The lowest BCUT2D eigenvalue weighted by atomic mass is 9.99. The SMILES string of the molecule is CN(CC(=O)Nc1nccs1)Cc1ccc(-c2ccc(N3CCNCC3)cc2)cc1C=O. The van der Waals surface area contributed by atoms with Gasteiger partial charge < -0.3 is 15.5 Å². The number of benzene rings is 2. The summed E-state index contributed by atoms with van der Waals surface area (Å²) in [6.07, 6.45) is 2.54. The topological polar surface area (TPSA) is 77.6 Å². The summed E-state index contributed by atoms with van der Waals surface area (Å²) in [4.78, 5) is 32.3. The van der Waals surface area contributed by atoms with Crippen molar-refractivity contribution < 1.29 is 9.59 Å². The Balaban J connectivity index is 1.41. The molecule has 2 N–H and O–H groups in total. The lowest BCUT2D eigenvalue weighted by Crippen LogP contribution is -2.43. The molecule has 0 aliphatic carbocycles. The highest BCUT2D eigenvalue weighted by Crippen LogP contribution is 2.26. The molecule has 1 aliphatic heterocycles. The molecule has 1 amide bonds. The lowest BCUT2D eigenvalue weighted by Gasteiger charge is -2.29. The van der Waals surface area contributed by atoms with E-state index in [9.17, 15) is 9.59 Å². The number of carbonyl (C=O) groups is 2. The Bertz CT molecular complexity index is 1050. The number of thiazole rings is 1. The van der Waals surface area contributed by atoms with Gasteiger partial charge in [0.05, 0.1) is 6.54 Å². The highest BCUT2D eigenvalue weighted by atomic mass is 32.1. The molecule has 1 saturated heterocycles. The molecule has 32 heavy (non-hydrogen) atoms. The van der Waals surface area contributed by atoms with Crippen molar-refractivity contribution in [3.8, 4) is 11.1 Å². The maximum atomic E-state index is 12.2. The molecule has 0 saturated carbocycles. The summed E-state index contributed by atoms with van der Waals surface area (Å²) in [5.41, 5.74) is 4.84. The van der Waals surface area contributed by atoms with Gasteiger partial charge in [-0.2, -0.15) is 0 Å². The van der Waals surface area contributed by atoms with Gasteiger partial charge in [0.25, 0.3) is 0 Å². The first kappa shape index (κ1) is 22.1. The molecule has 1 aliphatic rings. The standard InChI is InChI=1S/C24H27N5O2S/c1-28(16-23(31)27-24-26-10-13-32-24)15-20-3-2-19(14-21(20)17-30)18-4-6-22(7-5-18)29-11-8-25-9-12-29/h2-7,10,13-14,17,25H,8-9,11-12,15-16H2,1H3,(H,26,27,31). The van der Waals surface area contributed by atoms with Crippen LogP contribution in [-0.2, 0) is 11.3 Å². The van der Waals surface area contributed by atoms with Crippen molar-refractivity contribution in [1.29, 1.82) is 0 Å². The van der Waals surface area contributed by atoms with Crippen LogP contribution in [0, 0.1) is 0 Å². The first-order valence-corrected chi connectivity index (χ1v) is 11.5. The Morgan fingerprint density at radius 3 is 2.62 bits per heavy atom. The Kier molecular flexibility index (Phi) is 7.26. The molecule has 2 heterocycles. The predicted octanol–water partition coefficient (Wildman–Crippen LogP) is 3.10. The summed E-state index contributed by atoms with van der Waals surface area (Å²) in [7, 11) is 1.86. The van der Waals surface area contributed by atoms with Gasteiger partial charge in [0, 0.05) is 55.6 Å². The van der Waals surface area contributed by atoms with E-state index >= 15 is 0 Å². The highest BCUT2D eigenvalue weighted by molar-refractivity contribution is 7.13. The minimum atomic E-state index is -0.128. The molecule has 0 unspecified atom stereocenters. The maximum Gasteiger partial charge on any atom is 0.240 e. The molecule has 8 heteroatoms. The van der Waals surface area contributed by atoms with Crippen LogP contribution in [0.2, 0.25) is 0 Å². The van der Waals surface area contributed by atoms with Gasteiger partial charge in [-0.3, -0.25) is 14.5 Å². The van der Waals surface area contributed by atoms with Gasteiger partial charge >= 0.3 is 0 Å². The second-order valence-corrected chi connectivity index (χ2v) is 8.77. The van der Waals surface area contributed by atoms with E-state index < -0.39 is 0 Å². The zero-order chi connectivity index (χ0) is 22.3. The second kappa shape index (κ2) is 10.5. The Morgan fingerprint density at radius 2 is 1.94 bits per heavy atom. The average molecular weight is 450 g/mol. The lowest BCUT2D eigenvalue weighted by molar-refractivity contribution is -0.117. The third-order valence-corrected chi connectivity index (χ3v) is 6.18. The summed E-state index contributed by atoms with van der Waals surface area (Å²) in [6, 6.07) is 14.4. The van der Waals surface area contributed by atoms with Crippen LogP contribution in [0.15, 0.2) is 54.0 Å². The first-order valence-electron chi connectivity index (χ1n) is 10.6. The van der Waals surface area contributed by atoms with E-state index in [2.05, 4.69) is 44.8 Å². The molecule has 3 aromatic rings. The van der Waals surface area contributed by atoms with Crippen LogP contribution in [-0.4, -0.2) is 61.8 Å². The van der Waals surface area contributed by atoms with Gasteiger partial charge in [-0.25, -0.2) is 4.98 Å². The molecule has 0 atom stereocenters. The van der Waals surface area contributed by atoms with Crippen molar-refractivity contribution in [3.05, 3.63) is 65.2 Å². The molecule has 1 fully saturated rings. The van der Waals surface area contributed by atoms with Crippen molar-refractivity contribution in [2.75, 3.05) is 50.0 Å². The Morgan fingerprint density at radius 1 is 1.19 bits per heavy atom. The largest absolute Gasteiger partial charge is 0.369 e. The molecule has 0 spiro atoms. The van der Waals surface area contributed by atoms with Gasteiger partial charge in [0.1, 0.15) is 6.29 Å². The van der Waals surface area contributed by atoms with Crippen LogP contribution in [0.3, 0.4) is 0 Å². The monoisotopic (exact) mass is 449 g/mol. The van der Waals surface area contributed by atoms with Crippen molar-refractivity contribution in [1.82, 2.24) is 15.2 Å². The van der Waals surface area contributed by atoms with Crippen molar-refractivity contribution in [2.24, 2.45) is 0 Å². The van der Waals surface area contributed by atoms with Crippen LogP contribution in [0.1, 0.15) is 15.9 Å².